The minimum Gasteiger partial charge on any atom is -0.501 e. The molecule has 0 atom stereocenters. The molecule has 54 heavy (non-hydrogen) atoms. The average molecular weight is 906 g/mol. The maximum Gasteiger partial charge on any atom is 0.120 e. The van der Waals surface area contributed by atoms with Gasteiger partial charge in [-0.2, -0.15) is 0 Å². The molecule has 0 unspecified atom stereocenters. The van der Waals surface area contributed by atoms with Crippen LogP contribution in [0, 0.1) is 17.5 Å². The normalized spacial score (nSPS) is 12.9. The van der Waals surface area contributed by atoms with Gasteiger partial charge in [0.2, 0.25) is 0 Å². The number of benzene rings is 5. The molecule has 0 aliphatic carbocycles. The molecular weight excluding hydrogens is 855 g/mol. The summed E-state index contributed by atoms with van der Waals surface area (Å²) in [6.07, 6.45) is 0.469. The van der Waals surface area contributed by atoms with E-state index in [2.05, 4.69) is 117 Å². The second-order valence-corrected chi connectivity index (χ2v) is 21.8. The van der Waals surface area contributed by atoms with Gasteiger partial charge < -0.3 is 14.0 Å². The van der Waals surface area contributed by atoms with Crippen molar-refractivity contribution in [2.24, 2.45) is 5.41 Å². The van der Waals surface area contributed by atoms with Gasteiger partial charge >= 0.3 is 0 Å². The van der Waals surface area contributed by atoms with Gasteiger partial charge in [0.05, 0.1) is 30.5 Å². The second-order valence-electron chi connectivity index (χ2n) is 16.8. The maximum atomic E-state index is 8.75. The van der Waals surface area contributed by atoms with Crippen LogP contribution in [0.3, 0.4) is 0 Å². The Kier molecular flexibility index (Phi) is 10.3. The van der Waals surface area contributed by atoms with E-state index in [9.17, 15) is 0 Å². The summed E-state index contributed by atoms with van der Waals surface area (Å²) >= 11 is 0. The van der Waals surface area contributed by atoms with Crippen molar-refractivity contribution < 1.29 is 27.3 Å². The molecule has 0 saturated carbocycles. The Labute approximate surface area is 337 Å². The van der Waals surface area contributed by atoms with E-state index in [1.807, 2.05) is 87.6 Å². The molecule has 6 heteroatoms. The minimum absolute atomic E-state index is 0. The number of furan rings is 1. The van der Waals surface area contributed by atoms with E-state index in [0.29, 0.717) is 0 Å². The van der Waals surface area contributed by atoms with Gasteiger partial charge in [0.25, 0.3) is 0 Å². The predicted octanol–water partition coefficient (Wildman–Crippen LogP) is 12.4. The first-order valence-electron chi connectivity index (χ1n) is 19.3. The molecule has 0 aliphatic heterocycles. The van der Waals surface area contributed by atoms with E-state index in [0.717, 1.165) is 72.1 Å². The van der Waals surface area contributed by atoms with E-state index in [-0.39, 0.29) is 25.5 Å². The van der Waals surface area contributed by atoms with Gasteiger partial charge in [-0.3, -0.25) is 4.98 Å². The first-order chi connectivity index (χ1) is 25.9. The number of hydrogen-bond acceptors (Lipinski definition) is 3. The van der Waals surface area contributed by atoms with Gasteiger partial charge in [0.1, 0.15) is 5.58 Å². The topological polar surface area (TPSA) is 43.9 Å². The summed E-state index contributed by atoms with van der Waals surface area (Å²) in [6, 6.07) is 45.4. The number of nitrogens with zero attached hydrogens (tertiary/aromatic N) is 3. The third-order valence-electron chi connectivity index (χ3n) is 9.32. The van der Waals surface area contributed by atoms with Crippen molar-refractivity contribution in [3.05, 3.63) is 145 Å². The quantitative estimate of drug-likeness (QED) is 0.128. The SMILES string of the molecule is CC(C)(C)c1ccc(-n2c(-c3[c-]ccc4c3oc3ccccc34)nc3ccccc32)cc1.[2H]C([2H])(c1cc(-c2[c-]cccc2)ncc1[Si](C)(C)C)C(C)(C)C.[Ir]. The molecule has 0 amide bonds. The predicted molar refractivity (Wildman–Crippen MR) is 226 cm³/mol. The smallest absolute Gasteiger partial charge is 0.120 e. The van der Waals surface area contributed by atoms with Crippen molar-refractivity contribution in [1.82, 2.24) is 14.5 Å². The number of para-hydroxylation sites is 3. The zero-order valence-corrected chi connectivity index (χ0v) is 36.0. The van der Waals surface area contributed by atoms with Gasteiger partial charge in [0.15, 0.2) is 0 Å². The van der Waals surface area contributed by atoms with Crippen molar-refractivity contribution in [2.45, 2.75) is 73.0 Å². The molecule has 3 heterocycles. The molecule has 8 rings (SSSR count). The Balaban J connectivity index is 0.000000198. The minimum atomic E-state index is -1.70. The van der Waals surface area contributed by atoms with Gasteiger partial charge in [0, 0.05) is 40.1 Å². The number of rotatable bonds is 5. The number of fused-ring (bicyclic) bond motifs is 4. The van der Waals surface area contributed by atoms with Gasteiger partial charge in [-0.05, 0) is 64.0 Å². The molecule has 0 spiro atoms. The fraction of sp³-hybridized carbons (Fsp3) is 0.250. The molecule has 0 aliphatic rings. The Bertz CT molecular complexity index is 2630. The first kappa shape index (κ1) is 36.4. The fourth-order valence-corrected chi connectivity index (χ4v) is 8.08. The van der Waals surface area contributed by atoms with Crippen LogP contribution in [0.2, 0.25) is 19.6 Å². The monoisotopic (exact) mass is 906 g/mol. The van der Waals surface area contributed by atoms with Crippen LogP contribution in [0.1, 0.15) is 55.4 Å². The van der Waals surface area contributed by atoms with Crippen molar-refractivity contribution in [2.75, 3.05) is 0 Å². The average Bonchev–Trinajstić information content (AvgIpc) is 3.73. The van der Waals surface area contributed by atoms with Crippen LogP contribution < -0.4 is 5.19 Å². The Hall–Kier alpha value is -4.61. The third-order valence-corrected chi connectivity index (χ3v) is 11.3. The summed E-state index contributed by atoms with van der Waals surface area (Å²) in [5.41, 5.74) is 9.04. The maximum absolute atomic E-state index is 8.75. The largest absolute Gasteiger partial charge is 0.501 e. The van der Waals surface area contributed by atoms with Crippen LogP contribution in [0.5, 0.6) is 0 Å². The number of imidazole rings is 1. The molecule has 0 N–H and O–H groups in total. The van der Waals surface area contributed by atoms with Gasteiger partial charge in [-0.1, -0.05) is 126 Å². The summed E-state index contributed by atoms with van der Waals surface area (Å²) in [6.45, 7) is 19.3. The van der Waals surface area contributed by atoms with Crippen LogP contribution in [0.25, 0.3) is 61.3 Å². The third kappa shape index (κ3) is 8.22. The second kappa shape index (κ2) is 15.3. The van der Waals surface area contributed by atoms with Crippen LogP contribution >= 0.6 is 0 Å². The molecule has 1 radical (unpaired) electrons. The van der Waals surface area contributed by atoms with E-state index >= 15 is 0 Å². The van der Waals surface area contributed by atoms with Crippen molar-refractivity contribution >= 4 is 46.2 Å². The van der Waals surface area contributed by atoms with Crippen LogP contribution in [0.4, 0.5) is 0 Å². The molecular formula is C48H49IrN3OSi-2. The summed E-state index contributed by atoms with van der Waals surface area (Å²) in [5.74, 6) is 0.833. The molecule has 4 nitrogen and oxygen atoms in total. The summed E-state index contributed by atoms with van der Waals surface area (Å²) in [4.78, 5) is 9.63. The molecule has 0 fully saturated rings. The molecule has 8 aromatic rings. The number of aromatic nitrogens is 3. The molecule has 277 valence electrons. The zero-order valence-electron chi connectivity index (χ0n) is 34.6. The standard InChI is InChI=1S/C29H23N2O.C19H26NSi.Ir/c1-29(2,3)19-15-17-20(18-16-19)31-25-13-6-5-12-24(25)30-28(31)23-11-8-10-22-21-9-4-7-14-26(21)32-27(22)23;1-19(2,3)13-16-12-17(15-10-8-7-9-11-15)20-14-18(16)21(4,5)6;/h4-10,12-18H,1-3H3;7-10,12,14H,13H2,1-6H3;/q2*-1;/i;13D2;. The van der Waals surface area contributed by atoms with E-state index < -0.39 is 19.9 Å². The number of hydrogen-bond donors (Lipinski definition) is 0. The molecule has 5 aromatic carbocycles. The van der Waals surface area contributed by atoms with Crippen LogP contribution in [-0.2, 0) is 31.9 Å². The zero-order chi connectivity index (χ0) is 39.3. The van der Waals surface area contributed by atoms with E-state index in [1.54, 1.807) is 0 Å². The van der Waals surface area contributed by atoms with Gasteiger partial charge in [-0.25, -0.2) is 0 Å². The molecule has 0 bridgehead atoms. The van der Waals surface area contributed by atoms with Crippen LogP contribution in [0.15, 0.2) is 126 Å². The van der Waals surface area contributed by atoms with Crippen molar-refractivity contribution in [3.8, 4) is 28.3 Å². The Morgan fingerprint density at radius 3 is 2.17 bits per heavy atom. The summed E-state index contributed by atoms with van der Waals surface area (Å²) in [5, 5.41) is 3.28. The summed E-state index contributed by atoms with van der Waals surface area (Å²) < 4.78 is 26.0. The molecule has 0 saturated heterocycles. The van der Waals surface area contributed by atoms with Crippen molar-refractivity contribution in [1.29, 1.82) is 0 Å². The Morgan fingerprint density at radius 1 is 0.778 bits per heavy atom. The van der Waals surface area contributed by atoms with E-state index in [4.69, 9.17) is 12.1 Å². The Morgan fingerprint density at radius 2 is 1.48 bits per heavy atom. The van der Waals surface area contributed by atoms with Gasteiger partial charge in [-0.15, -0.1) is 54.1 Å². The van der Waals surface area contributed by atoms with Crippen LogP contribution in [-0.4, -0.2) is 22.6 Å². The van der Waals surface area contributed by atoms with Crippen molar-refractivity contribution in [3.63, 3.8) is 0 Å². The summed E-state index contributed by atoms with van der Waals surface area (Å²) in [7, 11) is -1.70. The molecule has 3 aromatic heterocycles. The fourth-order valence-electron chi connectivity index (χ4n) is 6.68. The first-order valence-corrected chi connectivity index (χ1v) is 21.8. The number of pyridine rings is 1. The van der Waals surface area contributed by atoms with E-state index in [1.165, 1.54) is 5.56 Å².